The molecular weight excluding hydrogens is 414 g/mol. The van der Waals surface area contributed by atoms with E-state index >= 15 is 0 Å². The van der Waals surface area contributed by atoms with Gasteiger partial charge >= 0.3 is 0 Å². The van der Waals surface area contributed by atoms with E-state index in [0.717, 1.165) is 5.52 Å². The minimum absolute atomic E-state index is 0.0357. The normalized spacial score (nSPS) is 12.6. The molecule has 1 amide bonds. The number of amides is 1. The van der Waals surface area contributed by atoms with Gasteiger partial charge in [0.1, 0.15) is 0 Å². The molecular formula is C19H19N3O5S2. The molecule has 0 radical (unpaired) electrons. The first-order chi connectivity index (χ1) is 13.6. The van der Waals surface area contributed by atoms with Crippen LogP contribution < -0.4 is 4.80 Å². The number of hydrogen-bond donors (Lipinski definition) is 0. The number of non-ortho nitro benzene ring substituents is 1. The SMILES string of the molecule is CCn1c(=NC(=O)c2cccc(S(=O)(=O)C(C)C)c2)sc2cc([N+](=O)[O-])ccc21. The molecule has 0 saturated carbocycles. The Labute approximate surface area is 171 Å². The highest BCUT2D eigenvalue weighted by atomic mass is 32.2. The monoisotopic (exact) mass is 433 g/mol. The number of thiazole rings is 1. The van der Waals surface area contributed by atoms with Gasteiger partial charge in [0.05, 0.1) is 25.3 Å². The second-order valence-electron chi connectivity index (χ2n) is 6.58. The molecule has 152 valence electrons. The van der Waals surface area contributed by atoms with Crippen LogP contribution in [0, 0.1) is 10.1 Å². The molecule has 0 saturated heterocycles. The number of nitro groups is 1. The topological polar surface area (TPSA) is 112 Å². The smallest absolute Gasteiger partial charge is 0.279 e. The number of nitrogens with zero attached hydrogens (tertiary/aromatic N) is 3. The van der Waals surface area contributed by atoms with Crippen LogP contribution >= 0.6 is 11.3 Å². The van der Waals surface area contributed by atoms with Crippen LogP contribution in [0.5, 0.6) is 0 Å². The van der Waals surface area contributed by atoms with Crippen LogP contribution in [0.1, 0.15) is 31.1 Å². The Morgan fingerprint density at radius 2 is 1.97 bits per heavy atom. The molecule has 0 unspecified atom stereocenters. The minimum Gasteiger partial charge on any atom is -0.317 e. The van der Waals surface area contributed by atoms with Crippen molar-refractivity contribution in [2.24, 2.45) is 4.99 Å². The van der Waals surface area contributed by atoms with Gasteiger partial charge in [-0.25, -0.2) is 8.42 Å². The van der Waals surface area contributed by atoms with E-state index in [9.17, 15) is 23.3 Å². The van der Waals surface area contributed by atoms with E-state index in [1.54, 1.807) is 24.5 Å². The summed E-state index contributed by atoms with van der Waals surface area (Å²) in [5.74, 6) is -0.575. The van der Waals surface area contributed by atoms with Crippen molar-refractivity contribution < 1.29 is 18.1 Å². The van der Waals surface area contributed by atoms with Crippen LogP contribution in [0.15, 0.2) is 52.4 Å². The lowest BCUT2D eigenvalue weighted by atomic mass is 10.2. The molecule has 0 fully saturated rings. The van der Waals surface area contributed by atoms with Gasteiger partial charge in [-0.2, -0.15) is 4.99 Å². The number of aryl methyl sites for hydroxylation is 1. The quantitative estimate of drug-likeness (QED) is 0.451. The summed E-state index contributed by atoms with van der Waals surface area (Å²) >= 11 is 1.17. The molecule has 2 aromatic carbocycles. The van der Waals surface area contributed by atoms with Crippen molar-refractivity contribution in [1.29, 1.82) is 0 Å². The molecule has 0 aliphatic rings. The molecule has 0 aliphatic heterocycles. The van der Waals surface area contributed by atoms with Crippen molar-refractivity contribution in [2.75, 3.05) is 0 Å². The van der Waals surface area contributed by atoms with E-state index in [-0.39, 0.29) is 16.1 Å². The van der Waals surface area contributed by atoms with Gasteiger partial charge < -0.3 is 4.57 Å². The summed E-state index contributed by atoms with van der Waals surface area (Å²) in [5.41, 5.74) is 0.870. The van der Waals surface area contributed by atoms with Crippen LogP contribution in [-0.4, -0.2) is 29.1 Å². The molecule has 1 heterocycles. The molecule has 0 N–H and O–H groups in total. The van der Waals surface area contributed by atoms with E-state index in [0.29, 0.717) is 16.0 Å². The summed E-state index contributed by atoms with van der Waals surface area (Å²) in [6.45, 7) is 5.56. The van der Waals surface area contributed by atoms with Gasteiger partial charge in [0.15, 0.2) is 14.6 Å². The van der Waals surface area contributed by atoms with Crippen molar-refractivity contribution in [3.8, 4) is 0 Å². The summed E-state index contributed by atoms with van der Waals surface area (Å²) < 4.78 is 27.2. The number of fused-ring (bicyclic) bond motifs is 1. The fraction of sp³-hybridized carbons (Fsp3) is 0.263. The fourth-order valence-electron chi connectivity index (χ4n) is 2.80. The average Bonchev–Trinajstić information content (AvgIpc) is 3.03. The molecule has 0 bridgehead atoms. The fourth-order valence-corrected chi connectivity index (χ4v) is 5.03. The van der Waals surface area contributed by atoms with Crippen LogP contribution in [-0.2, 0) is 16.4 Å². The summed E-state index contributed by atoms with van der Waals surface area (Å²) in [7, 11) is -3.51. The maximum absolute atomic E-state index is 12.7. The third-order valence-electron chi connectivity index (χ3n) is 4.42. The standard InChI is InChI=1S/C19H19N3O5S2/c1-4-21-16-9-8-14(22(24)25)11-17(16)28-19(21)20-18(23)13-6-5-7-15(10-13)29(26,27)12(2)3/h5-12H,4H2,1-3H3. The molecule has 8 nitrogen and oxygen atoms in total. The third kappa shape index (κ3) is 3.99. The maximum Gasteiger partial charge on any atom is 0.279 e. The first-order valence-corrected chi connectivity index (χ1v) is 11.2. The van der Waals surface area contributed by atoms with Crippen molar-refractivity contribution in [1.82, 2.24) is 4.57 Å². The number of carbonyl (C=O) groups excluding carboxylic acids is 1. The van der Waals surface area contributed by atoms with E-state index in [1.165, 1.54) is 47.7 Å². The number of benzene rings is 2. The summed E-state index contributed by atoms with van der Waals surface area (Å²) in [5, 5.41) is 10.4. The maximum atomic E-state index is 12.7. The Hall–Kier alpha value is -2.85. The Morgan fingerprint density at radius 1 is 1.24 bits per heavy atom. The van der Waals surface area contributed by atoms with E-state index in [2.05, 4.69) is 4.99 Å². The molecule has 0 spiro atoms. The lowest BCUT2D eigenvalue weighted by molar-refractivity contribution is -0.384. The highest BCUT2D eigenvalue weighted by Gasteiger charge is 2.20. The summed E-state index contributed by atoms with van der Waals surface area (Å²) in [4.78, 5) is 27.9. The van der Waals surface area contributed by atoms with Gasteiger partial charge in [-0.05, 0) is 45.0 Å². The van der Waals surface area contributed by atoms with Crippen LogP contribution in [0.2, 0.25) is 0 Å². The highest BCUT2D eigenvalue weighted by molar-refractivity contribution is 7.92. The lowest BCUT2D eigenvalue weighted by Gasteiger charge is -2.08. The molecule has 29 heavy (non-hydrogen) atoms. The van der Waals surface area contributed by atoms with Gasteiger partial charge in [0.25, 0.3) is 11.6 Å². The summed E-state index contributed by atoms with van der Waals surface area (Å²) in [6, 6.07) is 10.3. The van der Waals surface area contributed by atoms with Crippen LogP contribution in [0.4, 0.5) is 5.69 Å². The van der Waals surface area contributed by atoms with Gasteiger partial charge in [-0.15, -0.1) is 0 Å². The predicted molar refractivity (Wildman–Crippen MR) is 111 cm³/mol. The Bertz CT molecular complexity index is 1290. The number of hydrogen-bond acceptors (Lipinski definition) is 6. The van der Waals surface area contributed by atoms with Crippen molar-refractivity contribution >= 4 is 43.0 Å². The Kier molecular flexibility index (Phi) is 5.67. The first-order valence-electron chi connectivity index (χ1n) is 8.86. The van der Waals surface area contributed by atoms with E-state index < -0.39 is 25.9 Å². The van der Waals surface area contributed by atoms with Crippen LogP contribution in [0.25, 0.3) is 10.2 Å². The number of carbonyl (C=O) groups is 1. The molecule has 3 aromatic rings. The van der Waals surface area contributed by atoms with Crippen molar-refractivity contribution in [3.63, 3.8) is 0 Å². The summed E-state index contributed by atoms with van der Waals surface area (Å²) in [6.07, 6.45) is 0. The zero-order valence-corrected chi connectivity index (χ0v) is 17.7. The minimum atomic E-state index is -3.51. The van der Waals surface area contributed by atoms with Crippen LogP contribution in [0.3, 0.4) is 0 Å². The number of sulfone groups is 1. The van der Waals surface area contributed by atoms with E-state index in [1.807, 2.05) is 6.92 Å². The highest BCUT2D eigenvalue weighted by Crippen LogP contribution is 2.23. The molecule has 3 rings (SSSR count). The second-order valence-corrected chi connectivity index (χ2v) is 10.1. The van der Waals surface area contributed by atoms with Gasteiger partial charge in [-0.1, -0.05) is 17.4 Å². The molecule has 0 aliphatic carbocycles. The average molecular weight is 434 g/mol. The van der Waals surface area contributed by atoms with Crippen molar-refractivity contribution in [2.45, 2.75) is 37.5 Å². The zero-order chi connectivity index (χ0) is 21.3. The largest absolute Gasteiger partial charge is 0.317 e. The number of rotatable bonds is 5. The molecule has 0 atom stereocenters. The van der Waals surface area contributed by atoms with Gasteiger partial charge in [-0.3, -0.25) is 14.9 Å². The molecule has 10 heteroatoms. The first kappa shape index (κ1) is 20.9. The zero-order valence-electron chi connectivity index (χ0n) is 16.0. The van der Waals surface area contributed by atoms with Gasteiger partial charge in [0.2, 0.25) is 0 Å². The third-order valence-corrected chi connectivity index (χ3v) is 7.61. The predicted octanol–water partition coefficient (Wildman–Crippen LogP) is 3.55. The molecule has 1 aromatic heterocycles. The van der Waals surface area contributed by atoms with E-state index in [4.69, 9.17) is 0 Å². The number of nitro benzene ring substituents is 1. The van der Waals surface area contributed by atoms with Crippen molar-refractivity contribution in [3.05, 3.63) is 62.9 Å². The number of aromatic nitrogens is 1. The Morgan fingerprint density at radius 3 is 2.59 bits per heavy atom. The van der Waals surface area contributed by atoms with Gasteiger partial charge in [0, 0.05) is 24.2 Å². The Balaban J connectivity index is 2.10. The second kappa shape index (κ2) is 7.88. The lowest BCUT2D eigenvalue weighted by Crippen LogP contribution is -2.17.